The normalized spacial score (nSPS) is 12.1. The predicted octanol–water partition coefficient (Wildman–Crippen LogP) is 6.91. The van der Waals surface area contributed by atoms with Crippen molar-refractivity contribution in [3.63, 3.8) is 0 Å². The quantitative estimate of drug-likeness (QED) is 0.171. The van der Waals surface area contributed by atoms with E-state index in [0.29, 0.717) is 0 Å². The number of rotatable bonds is 20. The molecule has 0 aromatic rings. The molecule has 0 unspecified atom stereocenters. The molecule has 0 amide bonds. The smallest absolute Gasteiger partial charge is 0.0163 e. The lowest BCUT2D eigenvalue weighted by molar-refractivity contribution is 0.281. The zero-order valence-corrected chi connectivity index (χ0v) is 18.8. The van der Waals surface area contributed by atoms with Gasteiger partial charge in [-0.15, -0.1) is 0 Å². The Morgan fingerprint density at radius 3 is 0.923 bits per heavy atom. The van der Waals surface area contributed by atoms with Crippen LogP contribution in [0.1, 0.15) is 105 Å². The molecular weight excluding hydrogens is 316 g/mol. The molecule has 26 heavy (non-hydrogen) atoms. The lowest BCUT2D eigenvalue weighted by Crippen LogP contribution is -2.28. The second-order valence-electron chi connectivity index (χ2n) is 7.90. The maximum atomic E-state index is 2.67. The Hall–Kier alpha value is -0.340. The Morgan fingerprint density at radius 2 is 0.692 bits per heavy atom. The highest BCUT2D eigenvalue weighted by atomic mass is 15.1. The molecule has 0 N–H and O–H groups in total. The van der Waals surface area contributed by atoms with E-state index in [-0.39, 0.29) is 0 Å². The molecule has 2 nitrogen and oxygen atoms in total. The van der Waals surface area contributed by atoms with Crippen LogP contribution in [0.5, 0.6) is 0 Å². The Morgan fingerprint density at radius 1 is 0.423 bits per heavy atom. The van der Waals surface area contributed by atoms with Gasteiger partial charge in [-0.25, -0.2) is 0 Å². The average Bonchev–Trinajstić information content (AvgIpc) is 2.64. The molecule has 156 valence electrons. The maximum absolute atomic E-state index is 2.67. The number of hydrogen-bond donors (Lipinski definition) is 0. The number of unbranched alkanes of at least 4 members (excludes halogenated alkanes) is 8. The summed E-state index contributed by atoms with van der Waals surface area (Å²) in [5.41, 5.74) is 0. The van der Waals surface area contributed by atoms with E-state index in [4.69, 9.17) is 0 Å². The molecule has 0 saturated heterocycles. The molecule has 0 rings (SSSR count). The summed E-state index contributed by atoms with van der Waals surface area (Å²) < 4.78 is 0. The van der Waals surface area contributed by atoms with Gasteiger partial charge in [0.25, 0.3) is 0 Å². The topological polar surface area (TPSA) is 6.48 Å². The Labute approximate surface area is 166 Å². The molecule has 0 radical (unpaired) electrons. The highest BCUT2D eigenvalue weighted by Gasteiger charge is 2.04. The van der Waals surface area contributed by atoms with E-state index in [2.05, 4.69) is 49.6 Å². The second kappa shape index (κ2) is 21.0. The molecule has 0 fully saturated rings. The number of hydrogen-bond acceptors (Lipinski definition) is 2. The van der Waals surface area contributed by atoms with Crippen LogP contribution in [-0.2, 0) is 0 Å². The SMILES string of the molecule is CCCCCN(C/C=C/CN(CCCCC)CCCCC)CCCCC. The highest BCUT2D eigenvalue weighted by Crippen LogP contribution is 2.05. The summed E-state index contributed by atoms with van der Waals surface area (Å²) in [5, 5.41) is 0. The maximum Gasteiger partial charge on any atom is 0.0163 e. The van der Waals surface area contributed by atoms with Gasteiger partial charge in [0.2, 0.25) is 0 Å². The van der Waals surface area contributed by atoms with Crippen molar-refractivity contribution in [3.8, 4) is 0 Å². The van der Waals surface area contributed by atoms with E-state index < -0.39 is 0 Å². The standard InChI is InChI=1S/C24H50N2/c1-5-9-13-19-25(20-14-10-6-2)23-17-18-24-26(21-15-11-7-3)22-16-12-8-4/h17-18H,5-16,19-24H2,1-4H3/b18-17+. The van der Waals surface area contributed by atoms with Gasteiger partial charge >= 0.3 is 0 Å². The largest absolute Gasteiger partial charge is 0.300 e. The van der Waals surface area contributed by atoms with Gasteiger partial charge in [-0.05, 0) is 51.9 Å². The van der Waals surface area contributed by atoms with Crippen molar-refractivity contribution in [1.29, 1.82) is 0 Å². The fourth-order valence-corrected chi connectivity index (χ4v) is 3.38. The summed E-state index contributed by atoms with van der Waals surface area (Å²) in [6, 6.07) is 0. The van der Waals surface area contributed by atoms with Crippen LogP contribution in [0.3, 0.4) is 0 Å². The van der Waals surface area contributed by atoms with Crippen LogP contribution in [0.4, 0.5) is 0 Å². The van der Waals surface area contributed by atoms with Crippen LogP contribution >= 0.6 is 0 Å². The first-order chi connectivity index (χ1) is 12.8. The Kier molecular flexibility index (Phi) is 20.7. The predicted molar refractivity (Wildman–Crippen MR) is 120 cm³/mol. The van der Waals surface area contributed by atoms with Gasteiger partial charge < -0.3 is 0 Å². The summed E-state index contributed by atoms with van der Waals surface area (Å²) >= 11 is 0. The number of nitrogens with zero attached hydrogens (tertiary/aromatic N) is 2. The molecule has 0 aliphatic rings. The van der Waals surface area contributed by atoms with E-state index >= 15 is 0 Å². The molecule has 0 aromatic heterocycles. The first kappa shape index (κ1) is 25.7. The van der Waals surface area contributed by atoms with Crippen LogP contribution < -0.4 is 0 Å². The second-order valence-corrected chi connectivity index (χ2v) is 7.90. The van der Waals surface area contributed by atoms with Crippen molar-refractivity contribution in [1.82, 2.24) is 9.80 Å². The Bertz CT molecular complexity index is 240. The van der Waals surface area contributed by atoms with Gasteiger partial charge in [-0.1, -0.05) is 91.2 Å². The van der Waals surface area contributed by atoms with Gasteiger partial charge in [0.1, 0.15) is 0 Å². The van der Waals surface area contributed by atoms with Gasteiger partial charge in [-0.2, -0.15) is 0 Å². The lowest BCUT2D eigenvalue weighted by atomic mass is 10.2. The summed E-state index contributed by atoms with van der Waals surface area (Å²) in [7, 11) is 0. The minimum atomic E-state index is 1.14. The molecule has 0 saturated carbocycles. The van der Waals surface area contributed by atoms with Crippen LogP contribution in [0.2, 0.25) is 0 Å². The molecule has 2 heteroatoms. The zero-order valence-electron chi connectivity index (χ0n) is 18.8. The highest BCUT2D eigenvalue weighted by molar-refractivity contribution is 4.88. The summed E-state index contributed by atoms with van der Waals surface area (Å²) in [4.78, 5) is 5.33. The van der Waals surface area contributed by atoms with Crippen molar-refractivity contribution in [2.75, 3.05) is 39.3 Å². The lowest BCUT2D eigenvalue weighted by Gasteiger charge is -2.22. The third kappa shape index (κ3) is 17.1. The van der Waals surface area contributed by atoms with Crippen LogP contribution in [-0.4, -0.2) is 49.1 Å². The van der Waals surface area contributed by atoms with Gasteiger partial charge in [0.05, 0.1) is 0 Å². The molecular formula is C24H50N2. The fraction of sp³-hybridized carbons (Fsp3) is 0.917. The van der Waals surface area contributed by atoms with E-state index in [9.17, 15) is 0 Å². The summed E-state index contributed by atoms with van der Waals surface area (Å²) in [6.45, 7) is 16.6. The summed E-state index contributed by atoms with van der Waals surface area (Å²) in [5.74, 6) is 0. The third-order valence-corrected chi connectivity index (χ3v) is 5.21. The van der Waals surface area contributed by atoms with E-state index in [1.807, 2.05) is 0 Å². The average molecular weight is 367 g/mol. The molecule has 0 bridgehead atoms. The monoisotopic (exact) mass is 366 g/mol. The first-order valence-electron chi connectivity index (χ1n) is 11.9. The molecule has 0 atom stereocenters. The van der Waals surface area contributed by atoms with Crippen LogP contribution in [0.15, 0.2) is 12.2 Å². The zero-order chi connectivity index (χ0) is 19.3. The minimum absolute atomic E-state index is 1.14. The van der Waals surface area contributed by atoms with Crippen molar-refractivity contribution in [2.45, 2.75) is 105 Å². The van der Waals surface area contributed by atoms with Crippen molar-refractivity contribution < 1.29 is 0 Å². The van der Waals surface area contributed by atoms with Crippen LogP contribution in [0, 0.1) is 0 Å². The van der Waals surface area contributed by atoms with E-state index in [1.54, 1.807) is 0 Å². The third-order valence-electron chi connectivity index (χ3n) is 5.21. The molecule has 0 heterocycles. The van der Waals surface area contributed by atoms with Crippen molar-refractivity contribution in [3.05, 3.63) is 12.2 Å². The molecule has 0 spiro atoms. The van der Waals surface area contributed by atoms with Gasteiger partial charge in [0.15, 0.2) is 0 Å². The van der Waals surface area contributed by atoms with E-state index in [0.717, 1.165) is 13.1 Å². The molecule has 0 aliphatic heterocycles. The molecule has 0 aromatic carbocycles. The van der Waals surface area contributed by atoms with Crippen molar-refractivity contribution >= 4 is 0 Å². The van der Waals surface area contributed by atoms with Crippen LogP contribution in [0.25, 0.3) is 0 Å². The fourth-order valence-electron chi connectivity index (χ4n) is 3.38. The van der Waals surface area contributed by atoms with E-state index in [1.165, 1.54) is 103 Å². The van der Waals surface area contributed by atoms with Crippen molar-refractivity contribution in [2.24, 2.45) is 0 Å². The minimum Gasteiger partial charge on any atom is -0.300 e. The van der Waals surface area contributed by atoms with Gasteiger partial charge in [0, 0.05) is 13.1 Å². The summed E-state index contributed by atoms with van der Waals surface area (Å²) in [6.07, 6.45) is 21.1. The van der Waals surface area contributed by atoms with Gasteiger partial charge in [-0.3, -0.25) is 9.80 Å². The molecule has 0 aliphatic carbocycles. The first-order valence-corrected chi connectivity index (χ1v) is 11.9. The Balaban J connectivity index is 4.23.